The van der Waals surface area contributed by atoms with Crippen LogP contribution >= 0.6 is 11.3 Å². The predicted octanol–water partition coefficient (Wildman–Crippen LogP) is 2.02. The van der Waals surface area contributed by atoms with Gasteiger partial charge in [-0.05, 0) is 39.6 Å². The molecule has 0 unspecified atom stereocenters. The Morgan fingerprint density at radius 1 is 1.36 bits per heavy atom. The lowest BCUT2D eigenvalue weighted by Crippen LogP contribution is -2.26. The largest absolute Gasteiger partial charge is 0.311 e. The van der Waals surface area contributed by atoms with Crippen LogP contribution in [0.5, 0.6) is 0 Å². The van der Waals surface area contributed by atoms with E-state index in [0.29, 0.717) is 0 Å². The lowest BCUT2D eigenvalue weighted by molar-refractivity contribution is 0.400. The molecule has 0 saturated heterocycles. The van der Waals surface area contributed by atoms with Crippen molar-refractivity contribution in [3.8, 4) is 0 Å². The molecule has 2 nitrogen and oxygen atoms in total. The molecular formula is C11H20N2S. The van der Waals surface area contributed by atoms with Crippen LogP contribution in [0.2, 0.25) is 0 Å². The van der Waals surface area contributed by atoms with E-state index in [1.807, 2.05) is 11.3 Å². The molecule has 0 aliphatic rings. The first-order valence-electron chi connectivity index (χ1n) is 5.01. The quantitative estimate of drug-likeness (QED) is 0.751. The van der Waals surface area contributed by atoms with Crippen molar-refractivity contribution in [3.05, 3.63) is 21.4 Å². The van der Waals surface area contributed by atoms with Gasteiger partial charge in [0.05, 0.1) is 0 Å². The van der Waals surface area contributed by atoms with Crippen LogP contribution in [-0.2, 0) is 6.54 Å². The minimum absolute atomic E-state index is 1.00. The van der Waals surface area contributed by atoms with E-state index in [1.54, 1.807) is 0 Å². The fraction of sp³-hybridized carbons (Fsp3) is 0.636. The Morgan fingerprint density at radius 3 is 2.57 bits per heavy atom. The molecule has 1 N–H and O–H groups in total. The van der Waals surface area contributed by atoms with Gasteiger partial charge in [-0.25, -0.2) is 0 Å². The van der Waals surface area contributed by atoms with Crippen molar-refractivity contribution in [3.63, 3.8) is 0 Å². The highest BCUT2D eigenvalue weighted by Gasteiger charge is 2.01. The van der Waals surface area contributed by atoms with Gasteiger partial charge in [-0.1, -0.05) is 0 Å². The van der Waals surface area contributed by atoms with E-state index in [0.717, 1.165) is 19.6 Å². The molecule has 0 bridgehead atoms. The van der Waals surface area contributed by atoms with E-state index in [-0.39, 0.29) is 0 Å². The Hall–Kier alpha value is -0.380. The average molecular weight is 212 g/mol. The van der Waals surface area contributed by atoms with Gasteiger partial charge in [-0.2, -0.15) is 0 Å². The summed E-state index contributed by atoms with van der Waals surface area (Å²) in [6, 6.07) is 2.28. The SMILES string of the molecule is Cc1cc(CNCCN(C)C)c(C)s1. The maximum atomic E-state index is 3.45. The average Bonchev–Trinajstić information content (AvgIpc) is 2.39. The zero-order valence-electron chi connectivity index (χ0n) is 9.55. The molecule has 1 aromatic heterocycles. The Labute approximate surface area is 90.9 Å². The second-order valence-electron chi connectivity index (χ2n) is 3.92. The lowest BCUT2D eigenvalue weighted by atomic mass is 10.2. The van der Waals surface area contributed by atoms with Crippen molar-refractivity contribution >= 4 is 11.3 Å². The summed E-state index contributed by atoms with van der Waals surface area (Å²) in [6.45, 7) is 7.52. The molecule has 14 heavy (non-hydrogen) atoms. The molecule has 1 aromatic rings. The van der Waals surface area contributed by atoms with E-state index in [4.69, 9.17) is 0 Å². The molecule has 80 valence electrons. The molecule has 0 aliphatic carbocycles. The first-order chi connectivity index (χ1) is 6.59. The molecule has 0 spiro atoms. The second kappa shape index (κ2) is 5.49. The zero-order chi connectivity index (χ0) is 10.6. The minimum Gasteiger partial charge on any atom is -0.311 e. The molecule has 1 rings (SSSR count). The summed E-state index contributed by atoms with van der Waals surface area (Å²) in [4.78, 5) is 5.05. The number of likely N-dealkylation sites (N-methyl/N-ethyl adjacent to an activating group) is 1. The Kier molecular flexibility index (Phi) is 4.58. The first kappa shape index (κ1) is 11.7. The van der Waals surface area contributed by atoms with Crippen molar-refractivity contribution in [2.45, 2.75) is 20.4 Å². The summed E-state index contributed by atoms with van der Waals surface area (Å²) in [7, 11) is 4.20. The maximum Gasteiger partial charge on any atom is 0.0217 e. The fourth-order valence-electron chi connectivity index (χ4n) is 1.38. The molecule has 3 heteroatoms. The number of aryl methyl sites for hydroxylation is 2. The van der Waals surface area contributed by atoms with Crippen LogP contribution in [0, 0.1) is 13.8 Å². The van der Waals surface area contributed by atoms with Crippen molar-refractivity contribution in [1.82, 2.24) is 10.2 Å². The number of hydrogen-bond acceptors (Lipinski definition) is 3. The summed E-state index contributed by atoms with van der Waals surface area (Å²) in [5.41, 5.74) is 1.45. The Bertz CT molecular complexity index is 279. The van der Waals surface area contributed by atoms with Gasteiger partial charge in [0.25, 0.3) is 0 Å². The van der Waals surface area contributed by atoms with Crippen LogP contribution in [0.1, 0.15) is 15.3 Å². The Morgan fingerprint density at radius 2 is 2.07 bits per heavy atom. The van der Waals surface area contributed by atoms with Gasteiger partial charge in [-0.15, -0.1) is 11.3 Å². The highest BCUT2D eigenvalue weighted by Crippen LogP contribution is 2.19. The third-order valence-electron chi connectivity index (χ3n) is 2.20. The van der Waals surface area contributed by atoms with Gasteiger partial charge >= 0.3 is 0 Å². The lowest BCUT2D eigenvalue weighted by Gasteiger charge is -2.09. The molecule has 0 atom stereocenters. The van der Waals surface area contributed by atoms with E-state index in [9.17, 15) is 0 Å². The minimum atomic E-state index is 1.00. The standard InChI is InChI=1S/C11H20N2S/c1-9-7-11(10(2)14-9)8-12-5-6-13(3)4/h7,12H,5-6,8H2,1-4H3. The third-order valence-corrected chi connectivity index (χ3v) is 3.20. The number of nitrogens with one attached hydrogen (secondary N) is 1. The van der Waals surface area contributed by atoms with Gasteiger partial charge < -0.3 is 10.2 Å². The van der Waals surface area contributed by atoms with Crippen LogP contribution in [0.25, 0.3) is 0 Å². The van der Waals surface area contributed by atoms with Crippen LogP contribution in [0.15, 0.2) is 6.07 Å². The van der Waals surface area contributed by atoms with Crippen LogP contribution < -0.4 is 5.32 Å². The maximum absolute atomic E-state index is 3.45. The van der Waals surface area contributed by atoms with Gasteiger partial charge in [0.1, 0.15) is 0 Å². The van der Waals surface area contributed by atoms with Crippen LogP contribution in [0.3, 0.4) is 0 Å². The molecule has 0 amide bonds. The van der Waals surface area contributed by atoms with Crippen molar-refractivity contribution in [1.29, 1.82) is 0 Å². The van der Waals surface area contributed by atoms with Crippen molar-refractivity contribution < 1.29 is 0 Å². The van der Waals surface area contributed by atoms with E-state index in [1.165, 1.54) is 15.3 Å². The van der Waals surface area contributed by atoms with E-state index in [2.05, 4.69) is 44.2 Å². The van der Waals surface area contributed by atoms with Gasteiger partial charge in [0.2, 0.25) is 0 Å². The molecular weight excluding hydrogens is 192 g/mol. The predicted molar refractivity (Wildman–Crippen MR) is 64.1 cm³/mol. The summed E-state index contributed by atoms with van der Waals surface area (Å²) < 4.78 is 0. The summed E-state index contributed by atoms with van der Waals surface area (Å²) >= 11 is 1.88. The monoisotopic (exact) mass is 212 g/mol. The van der Waals surface area contributed by atoms with Gasteiger partial charge in [-0.3, -0.25) is 0 Å². The molecule has 1 heterocycles. The highest BCUT2D eigenvalue weighted by atomic mass is 32.1. The van der Waals surface area contributed by atoms with Crippen LogP contribution in [-0.4, -0.2) is 32.1 Å². The normalized spacial score (nSPS) is 11.2. The first-order valence-corrected chi connectivity index (χ1v) is 5.82. The molecule has 0 radical (unpaired) electrons. The van der Waals surface area contributed by atoms with Gasteiger partial charge in [0.15, 0.2) is 0 Å². The van der Waals surface area contributed by atoms with Crippen molar-refractivity contribution in [2.24, 2.45) is 0 Å². The topological polar surface area (TPSA) is 15.3 Å². The number of thiophene rings is 1. The molecule has 0 saturated carbocycles. The van der Waals surface area contributed by atoms with Gasteiger partial charge in [0, 0.05) is 29.4 Å². The molecule has 0 fully saturated rings. The summed E-state index contributed by atoms with van der Waals surface area (Å²) in [6.07, 6.45) is 0. The second-order valence-corrected chi connectivity index (χ2v) is 5.38. The van der Waals surface area contributed by atoms with Crippen LogP contribution in [0.4, 0.5) is 0 Å². The number of nitrogens with zero attached hydrogens (tertiary/aromatic N) is 1. The Balaban J connectivity index is 2.28. The molecule has 0 aliphatic heterocycles. The zero-order valence-corrected chi connectivity index (χ0v) is 10.4. The summed E-state index contributed by atoms with van der Waals surface area (Å²) in [5, 5.41) is 3.45. The van der Waals surface area contributed by atoms with E-state index < -0.39 is 0 Å². The smallest absolute Gasteiger partial charge is 0.0217 e. The summed E-state index contributed by atoms with van der Waals surface area (Å²) in [5.74, 6) is 0. The number of rotatable bonds is 5. The highest BCUT2D eigenvalue weighted by molar-refractivity contribution is 7.12. The van der Waals surface area contributed by atoms with E-state index >= 15 is 0 Å². The van der Waals surface area contributed by atoms with Crippen molar-refractivity contribution in [2.75, 3.05) is 27.2 Å². The number of hydrogen-bond donors (Lipinski definition) is 1. The fourth-order valence-corrected chi connectivity index (χ4v) is 2.33. The molecule has 0 aromatic carbocycles. The third kappa shape index (κ3) is 3.78.